The van der Waals surface area contributed by atoms with Crippen LogP contribution >= 0.6 is 11.6 Å². The molecule has 0 unspecified atom stereocenters. The second-order valence-electron chi connectivity index (χ2n) is 3.73. The molecule has 0 bridgehead atoms. The fraction of sp³-hybridized carbons (Fsp3) is 0.0833. The Labute approximate surface area is 108 Å². The lowest BCUT2D eigenvalue weighted by atomic mass is 10.2. The number of hydrogen-bond donors (Lipinski definition) is 1. The summed E-state index contributed by atoms with van der Waals surface area (Å²) in [6.07, 6.45) is 1.53. The van der Waals surface area contributed by atoms with Crippen molar-refractivity contribution in [3.63, 3.8) is 0 Å². The Balaban J connectivity index is 1.94. The van der Waals surface area contributed by atoms with Gasteiger partial charge in [0, 0.05) is 16.8 Å². The highest BCUT2D eigenvalue weighted by Crippen LogP contribution is 2.25. The van der Waals surface area contributed by atoms with E-state index in [1.807, 2.05) is 24.3 Å². The Kier molecular flexibility index (Phi) is 2.82. The maximum atomic E-state index is 6.00. The number of nitrogens with one attached hydrogen (secondary N) is 1. The number of nitrogens with zero attached hydrogens (tertiary/aromatic N) is 3. The number of halogens is 1. The van der Waals surface area contributed by atoms with Crippen molar-refractivity contribution >= 4 is 28.2 Å². The molecule has 0 atom stereocenters. The minimum absolute atomic E-state index is 0.401. The van der Waals surface area contributed by atoms with Crippen LogP contribution < -0.4 is 5.32 Å². The number of aromatic nitrogens is 3. The summed E-state index contributed by atoms with van der Waals surface area (Å²) in [7, 11) is 0. The summed E-state index contributed by atoms with van der Waals surface area (Å²) in [5.74, 6) is 0.679. The standard InChI is InChI=1S/C12H9ClN4O/c13-11-9-3-1-2-4-10(9)12(16-15-11)14-7-8-5-6-18-17-8/h1-6H,7H2,(H,14,16). The van der Waals surface area contributed by atoms with Crippen LogP contribution in [0.2, 0.25) is 5.15 Å². The van der Waals surface area contributed by atoms with Crippen molar-refractivity contribution in [2.45, 2.75) is 6.54 Å². The normalized spacial score (nSPS) is 10.7. The van der Waals surface area contributed by atoms with Gasteiger partial charge in [-0.1, -0.05) is 41.0 Å². The van der Waals surface area contributed by atoms with Crippen LogP contribution in [-0.4, -0.2) is 15.4 Å². The predicted octanol–water partition coefficient (Wildman–Crippen LogP) is 2.88. The van der Waals surface area contributed by atoms with Crippen molar-refractivity contribution in [2.75, 3.05) is 5.32 Å². The Morgan fingerprint density at radius 3 is 2.72 bits per heavy atom. The molecule has 0 saturated heterocycles. The summed E-state index contributed by atoms with van der Waals surface area (Å²) >= 11 is 6.00. The Morgan fingerprint density at radius 2 is 1.94 bits per heavy atom. The molecule has 18 heavy (non-hydrogen) atoms. The molecule has 2 aromatic heterocycles. The number of anilines is 1. The quantitative estimate of drug-likeness (QED) is 0.784. The zero-order valence-electron chi connectivity index (χ0n) is 9.30. The van der Waals surface area contributed by atoms with Crippen LogP contribution in [0.5, 0.6) is 0 Å². The van der Waals surface area contributed by atoms with Crippen LogP contribution in [0.3, 0.4) is 0 Å². The molecule has 1 N–H and O–H groups in total. The minimum atomic E-state index is 0.401. The number of hydrogen-bond acceptors (Lipinski definition) is 5. The highest BCUT2D eigenvalue weighted by molar-refractivity contribution is 6.34. The van der Waals surface area contributed by atoms with Crippen molar-refractivity contribution in [1.29, 1.82) is 0 Å². The van der Waals surface area contributed by atoms with Crippen LogP contribution in [0.1, 0.15) is 5.69 Å². The highest BCUT2D eigenvalue weighted by Gasteiger charge is 2.07. The Bertz CT molecular complexity index is 669. The summed E-state index contributed by atoms with van der Waals surface area (Å²) in [4.78, 5) is 0. The topological polar surface area (TPSA) is 63.8 Å². The molecule has 0 aliphatic heterocycles. The molecule has 1 aromatic carbocycles. The fourth-order valence-electron chi connectivity index (χ4n) is 1.70. The van der Waals surface area contributed by atoms with E-state index >= 15 is 0 Å². The third-order valence-corrected chi connectivity index (χ3v) is 2.85. The summed E-state index contributed by atoms with van der Waals surface area (Å²) in [5.41, 5.74) is 0.802. The van der Waals surface area contributed by atoms with Gasteiger partial charge in [0.1, 0.15) is 12.0 Å². The first-order valence-electron chi connectivity index (χ1n) is 5.38. The number of rotatable bonds is 3. The SMILES string of the molecule is Clc1nnc(NCc2ccon2)c2ccccc12. The van der Waals surface area contributed by atoms with E-state index in [-0.39, 0.29) is 0 Å². The van der Waals surface area contributed by atoms with Gasteiger partial charge in [-0.3, -0.25) is 0 Å². The molecule has 0 spiro atoms. The minimum Gasteiger partial charge on any atom is -0.364 e. The van der Waals surface area contributed by atoms with Crippen molar-refractivity contribution in [3.05, 3.63) is 47.4 Å². The lowest BCUT2D eigenvalue weighted by molar-refractivity contribution is 0.412. The van der Waals surface area contributed by atoms with Crippen molar-refractivity contribution in [3.8, 4) is 0 Å². The molecular weight excluding hydrogens is 252 g/mol. The summed E-state index contributed by atoms with van der Waals surface area (Å²) in [6, 6.07) is 9.49. The lowest BCUT2D eigenvalue weighted by Gasteiger charge is -2.07. The second-order valence-corrected chi connectivity index (χ2v) is 4.09. The maximum Gasteiger partial charge on any atom is 0.159 e. The third-order valence-electron chi connectivity index (χ3n) is 2.57. The Hall–Kier alpha value is -2.14. The Morgan fingerprint density at radius 1 is 1.11 bits per heavy atom. The van der Waals surface area contributed by atoms with Gasteiger partial charge in [0.25, 0.3) is 0 Å². The van der Waals surface area contributed by atoms with E-state index < -0.39 is 0 Å². The first-order chi connectivity index (χ1) is 8.84. The van der Waals surface area contributed by atoms with Crippen LogP contribution in [0, 0.1) is 0 Å². The maximum absolute atomic E-state index is 6.00. The summed E-state index contributed by atoms with van der Waals surface area (Å²) in [6.45, 7) is 0.525. The summed E-state index contributed by atoms with van der Waals surface area (Å²) < 4.78 is 4.76. The van der Waals surface area contributed by atoms with E-state index in [9.17, 15) is 0 Å². The molecule has 0 radical (unpaired) electrons. The first kappa shape index (κ1) is 11.0. The molecule has 5 nitrogen and oxygen atoms in total. The average molecular weight is 261 g/mol. The number of benzene rings is 1. The lowest BCUT2D eigenvalue weighted by Crippen LogP contribution is -2.03. The van der Waals surface area contributed by atoms with Gasteiger partial charge in [-0.05, 0) is 0 Å². The smallest absolute Gasteiger partial charge is 0.159 e. The van der Waals surface area contributed by atoms with Crippen molar-refractivity contribution in [1.82, 2.24) is 15.4 Å². The van der Waals surface area contributed by atoms with Gasteiger partial charge < -0.3 is 9.84 Å². The molecule has 3 aromatic rings. The molecule has 90 valence electrons. The molecule has 0 aliphatic carbocycles. The van der Waals surface area contributed by atoms with Gasteiger partial charge in [0.15, 0.2) is 11.0 Å². The van der Waals surface area contributed by atoms with E-state index in [0.29, 0.717) is 17.5 Å². The molecule has 0 amide bonds. The molecular formula is C12H9ClN4O. The fourth-order valence-corrected chi connectivity index (χ4v) is 1.91. The van der Waals surface area contributed by atoms with Crippen LogP contribution in [0.4, 0.5) is 5.82 Å². The van der Waals surface area contributed by atoms with Crippen molar-refractivity contribution in [2.24, 2.45) is 0 Å². The first-order valence-corrected chi connectivity index (χ1v) is 5.76. The van der Waals surface area contributed by atoms with Crippen LogP contribution in [0.25, 0.3) is 10.8 Å². The molecule has 3 rings (SSSR count). The highest BCUT2D eigenvalue weighted by atomic mass is 35.5. The largest absolute Gasteiger partial charge is 0.364 e. The zero-order chi connectivity index (χ0) is 12.4. The zero-order valence-corrected chi connectivity index (χ0v) is 10.1. The monoisotopic (exact) mass is 260 g/mol. The number of fused-ring (bicyclic) bond motifs is 1. The average Bonchev–Trinajstić information content (AvgIpc) is 2.92. The van der Waals surface area contributed by atoms with Gasteiger partial charge in [0.05, 0.1) is 6.54 Å². The van der Waals surface area contributed by atoms with E-state index in [0.717, 1.165) is 16.5 Å². The molecule has 6 heteroatoms. The molecule has 0 fully saturated rings. The van der Waals surface area contributed by atoms with E-state index in [4.69, 9.17) is 16.1 Å². The van der Waals surface area contributed by atoms with Gasteiger partial charge in [-0.25, -0.2) is 0 Å². The van der Waals surface area contributed by atoms with Crippen LogP contribution in [-0.2, 0) is 6.54 Å². The van der Waals surface area contributed by atoms with Gasteiger partial charge >= 0.3 is 0 Å². The second kappa shape index (κ2) is 4.62. The molecule has 0 aliphatic rings. The van der Waals surface area contributed by atoms with E-state index in [2.05, 4.69) is 20.7 Å². The molecule has 0 saturated carbocycles. The van der Waals surface area contributed by atoms with E-state index in [1.165, 1.54) is 6.26 Å². The van der Waals surface area contributed by atoms with E-state index in [1.54, 1.807) is 6.07 Å². The molecule has 2 heterocycles. The third kappa shape index (κ3) is 2.00. The predicted molar refractivity (Wildman–Crippen MR) is 68.4 cm³/mol. The summed E-state index contributed by atoms with van der Waals surface area (Å²) in [5, 5.41) is 17.2. The van der Waals surface area contributed by atoms with Gasteiger partial charge in [-0.2, -0.15) is 0 Å². The van der Waals surface area contributed by atoms with Gasteiger partial charge in [0.2, 0.25) is 0 Å². The van der Waals surface area contributed by atoms with Crippen molar-refractivity contribution < 1.29 is 4.52 Å². The van der Waals surface area contributed by atoms with Gasteiger partial charge in [-0.15, -0.1) is 10.2 Å². The van der Waals surface area contributed by atoms with Crippen LogP contribution in [0.15, 0.2) is 41.1 Å².